The first-order valence-electron chi connectivity index (χ1n) is 6.03. The van der Waals surface area contributed by atoms with E-state index in [4.69, 9.17) is 0 Å². The summed E-state index contributed by atoms with van der Waals surface area (Å²) in [5.74, 6) is 0.480. The second-order valence-corrected chi connectivity index (χ2v) is 5.59. The Hall–Kier alpha value is -0.530. The summed E-state index contributed by atoms with van der Waals surface area (Å²) in [6, 6.07) is 1.23. The van der Waals surface area contributed by atoms with Crippen molar-refractivity contribution in [3.05, 3.63) is 0 Å². The van der Waals surface area contributed by atoms with Crippen molar-refractivity contribution in [1.82, 2.24) is 4.90 Å². The van der Waals surface area contributed by atoms with Gasteiger partial charge in [-0.2, -0.15) is 0 Å². The average Bonchev–Trinajstić information content (AvgIpc) is 2.72. The van der Waals surface area contributed by atoms with Crippen molar-refractivity contribution < 1.29 is 4.79 Å². The quantitative estimate of drug-likeness (QED) is 0.626. The molecule has 2 heterocycles. The molecule has 0 aromatic carbocycles. The van der Waals surface area contributed by atoms with Crippen LogP contribution in [0.15, 0.2) is 0 Å². The molecule has 1 aliphatic carbocycles. The standard InChI is InChI=1S/C12H19NO/c1-12(7-2-8-12)11(14)13-9-3-4-10(13)6-5-9/h9-10H,2-8H2,1H3. The van der Waals surface area contributed by atoms with E-state index >= 15 is 0 Å². The molecule has 0 spiro atoms. The molecule has 14 heavy (non-hydrogen) atoms. The van der Waals surface area contributed by atoms with Crippen molar-refractivity contribution >= 4 is 5.91 Å². The maximum absolute atomic E-state index is 12.3. The highest BCUT2D eigenvalue weighted by atomic mass is 16.2. The highest BCUT2D eigenvalue weighted by molar-refractivity contribution is 5.84. The summed E-state index contributed by atoms with van der Waals surface area (Å²) in [5.41, 5.74) is 0.0329. The van der Waals surface area contributed by atoms with E-state index in [1.54, 1.807) is 0 Å². The largest absolute Gasteiger partial charge is 0.336 e. The van der Waals surface area contributed by atoms with E-state index in [9.17, 15) is 4.79 Å². The second kappa shape index (κ2) is 2.74. The van der Waals surface area contributed by atoms with Crippen LogP contribution in [0.25, 0.3) is 0 Å². The van der Waals surface area contributed by atoms with Crippen LogP contribution in [0.3, 0.4) is 0 Å². The molecule has 3 rings (SSSR count). The lowest BCUT2D eigenvalue weighted by Crippen LogP contribution is -2.48. The van der Waals surface area contributed by atoms with Gasteiger partial charge < -0.3 is 4.90 Å². The summed E-state index contributed by atoms with van der Waals surface area (Å²) in [6.07, 6.45) is 8.59. The number of carbonyl (C=O) groups is 1. The van der Waals surface area contributed by atoms with Gasteiger partial charge in [-0.1, -0.05) is 13.3 Å². The maximum Gasteiger partial charge on any atom is 0.229 e. The summed E-state index contributed by atoms with van der Waals surface area (Å²) in [4.78, 5) is 14.6. The molecular weight excluding hydrogens is 174 g/mol. The number of rotatable bonds is 1. The van der Waals surface area contributed by atoms with Crippen LogP contribution in [0.1, 0.15) is 51.9 Å². The number of hydrogen-bond donors (Lipinski definition) is 0. The fourth-order valence-corrected chi connectivity index (χ4v) is 3.48. The topological polar surface area (TPSA) is 20.3 Å². The molecule has 1 saturated carbocycles. The predicted molar refractivity (Wildman–Crippen MR) is 54.8 cm³/mol. The van der Waals surface area contributed by atoms with E-state index in [1.807, 2.05) is 0 Å². The van der Waals surface area contributed by atoms with E-state index in [1.165, 1.54) is 32.1 Å². The van der Waals surface area contributed by atoms with Crippen molar-refractivity contribution in [3.63, 3.8) is 0 Å². The van der Waals surface area contributed by atoms with Crippen molar-refractivity contribution in [2.45, 2.75) is 64.0 Å². The first-order chi connectivity index (χ1) is 6.71. The molecule has 0 aromatic rings. The van der Waals surface area contributed by atoms with Crippen LogP contribution < -0.4 is 0 Å². The molecule has 2 bridgehead atoms. The molecule has 0 N–H and O–H groups in total. The Labute approximate surface area is 85.7 Å². The summed E-state index contributed by atoms with van der Waals surface area (Å²) < 4.78 is 0. The predicted octanol–water partition coefficient (Wildman–Crippen LogP) is 2.33. The number of carbonyl (C=O) groups excluding carboxylic acids is 1. The van der Waals surface area contributed by atoms with E-state index in [2.05, 4.69) is 11.8 Å². The molecule has 2 nitrogen and oxygen atoms in total. The van der Waals surface area contributed by atoms with Crippen LogP contribution >= 0.6 is 0 Å². The highest BCUT2D eigenvalue weighted by Crippen LogP contribution is 2.47. The number of nitrogens with zero attached hydrogens (tertiary/aromatic N) is 1. The lowest BCUT2D eigenvalue weighted by atomic mass is 9.69. The van der Waals surface area contributed by atoms with Crippen LogP contribution in [0.4, 0.5) is 0 Å². The van der Waals surface area contributed by atoms with Gasteiger partial charge in [-0.05, 0) is 38.5 Å². The third-order valence-corrected chi connectivity index (χ3v) is 4.66. The third kappa shape index (κ3) is 0.999. The number of fused-ring (bicyclic) bond motifs is 2. The third-order valence-electron chi connectivity index (χ3n) is 4.66. The average molecular weight is 193 g/mol. The zero-order valence-corrected chi connectivity index (χ0v) is 8.96. The maximum atomic E-state index is 12.3. The molecule has 0 atom stereocenters. The van der Waals surface area contributed by atoms with Gasteiger partial charge in [0.05, 0.1) is 0 Å². The molecule has 0 unspecified atom stereocenters. The van der Waals surface area contributed by atoms with Gasteiger partial charge in [0.1, 0.15) is 0 Å². The van der Waals surface area contributed by atoms with Crippen LogP contribution in [0, 0.1) is 5.41 Å². The van der Waals surface area contributed by atoms with E-state index in [0.29, 0.717) is 18.0 Å². The van der Waals surface area contributed by atoms with Crippen LogP contribution in [0.5, 0.6) is 0 Å². The Kier molecular flexibility index (Phi) is 1.71. The van der Waals surface area contributed by atoms with Gasteiger partial charge in [-0.15, -0.1) is 0 Å². The fourth-order valence-electron chi connectivity index (χ4n) is 3.48. The minimum Gasteiger partial charge on any atom is -0.336 e. The SMILES string of the molecule is CC1(C(=O)N2C3CCC2CC3)CCC1. The Morgan fingerprint density at radius 2 is 1.64 bits per heavy atom. The normalized spacial score (nSPS) is 38.5. The van der Waals surface area contributed by atoms with Gasteiger partial charge in [-0.25, -0.2) is 0 Å². The minimum absolute atomic E-state index is 0.0329. The van der Waals surface area contributed by atoms with Crippen LogP contribution in [-0.4, -0.2) is 22.9 Å². The van der Waals surface area contributed by atoms with Crippen LogP contribution in [0.2, 0.25) is 0 Å². The summed E-state index contributed by atoms with van der Waals surface area (Å²) >= 11 is 0. The van der Waals surface area contributed by atoms with E-state index < -0.39 is 0 Å². The van der Waals surface area contributed by atoms with Gasteiger partial charge in [0.15, 0.2) is 0 Å². The van der Waals surface area contributed by atoms with Crippen molar-refractivity contribution in [1.29, 1.82) is 0 Å². The molecular formula is C12H19NO. The van der Waals surface area contributed by atoms with Gasteiger partial charge in [-0.3, -0.25) is 4.79 Å². The lowest BCUT2D eigenvalue weighted by Gasteiger charge is -2.41. The van der Waals surface area contributed by atoms with Crippen molar-refractivity contribution in [2.24, 2.45) is 5.41 Å². The molecule has 2 aliphatic heterocycles. The first kappa shape index (κ1) is 8.75. The van der Waals surface area contributed by atoms with Crippen molar-refractivity contribution in [3.8, 4) is 0 Å². The molecule has 3 aliphatic rings. The molecule has 0 aromatic heterocycles. The summed E-state index contributed by atoms with van der Waals surface area (Å²) in [6.45, 7) is 2.16. The molecule has 2 saturated heterocycles. The van der Waals surface area contributed by atoms with Crippen molar-refractivity contribution in [2.75, 3.05) is 0 Å². The smallest absolute Gasteiger partial charge is 0.229 e. The van der Waals surface area contributed by atoms with Gasteiger partial charge in [0.2, 0.25) is 5.91 Å². The Morgan fingerprint density at radius 3 is 2.00 bits per heavy atom. The molecule has 2 heteroatoms. The molecule has 3 fully saturated rings. The second-order valence-electron chi connectivity index (χ2n) is 5.59. The first-order valence-corrected chi connectivity index (χ1v) is 6.03. The zero-order chi connectivity index (χ0) is 9.76. The summed E-state index contributed by atoms with van der Waals surface area (Å²) in [7, 11) is 0. The number of hydrogen-bond acceptors (Lipinski definition) is 1. The number of amides is 1. The van der Waals surface area contributed by atoms with Gasteiger partial charge >= 0.3 is 0 Å². The van der Waals surface area contributed by atoms with Gasteiger partial charge in [0, 0.05) is 17.5 Å². The van der Waals surface area contributed by atoms with E-state index in [0.717, 1.165) is 12.8 Å². The Balaban J connectivity index is 1.79. The minimum atomic E-state index is 0.0329. The van der Waals surface area contributed by atoms with Gasteiger partial charge in [0.25, 0.3) is 0 Å². The molecule has 0 radical (unpaired) electrons. The molecule has 1 amide bonds. The fraction of sp³-hybridized carbons (Fsp3) is 0.917. The monoisotopic (exact) mass is 193 g/mol. The van der Waals surface area contributed by atoms with Crippen LogP contribution in [-0.2, 0) is 4.79 Å². The Bertz CT molecular complexity index is 249. The highest BCUT2D eigenvalue weighted by Gasteiger charge is 2.49. The van der Waals surface area contributed by atoms with E-state index in [-0.39, 0.29) is 5.41 Å². The lowest BCUT2D eigenvalue weighted by molar-refractivity contribution is -0.147. The Morgan fingerprint density at radius 1 is 1.14 bits per heavy atom. The molecule has 78 valence electrons. The summed E-state index contributed by atoms with van der Waals surface area (Å²) in [5, 5.41) is 0. The zero-order valence-electron chi connectivity index (χ0n) is 8.96.